The highest BCUT2D eigenvalue weighted by atomic mass is 32.2. The Balaban J connectivity index is 2.33. The van der Waals surface area contributed by atoms with Crippen LogP contribution in [0.25, 0.3) is 0 Å². The van der Waals surface area contributed by atoms with Gasteiger partial charge in [-0.2, -0.15) is 0 Å². The smallest absolute Gasteiger partial charge is 0.346 e. The van der Waals surface area contributed by atoms with E-state index in [0.29, 0.717) is 17.0 Å². The normalized spacial score (nSPS) is 11.2. The first-order valence-corrected chi connectivity index (χ1v) is 8.55. The summed E-state index contributed by atoms with van der Waals surface area (Å²) in [5.74, 6) is -0.479. The molecule has 0 unspecified atom stereocenters. The molecule has 0 aliphatic rings. The molecule has 1 heterocycles. The Morgan fingerprint density at radius 3 is 2.41 bits per heavy atom. The fraction of sp³-hybridized carbons (Fsp3) is 0.214. The van der Waals surface area contributed by atoms with E-state index in [0.717, 1.165) is 16.9 Å². The third kappa shape index (κ3) is 3.23. The van der Waals surface area contributed by atoms with Gasteiger partial charge in [0, 0.05) is 5.69 Å². The van der Waals surface area contributed by atoms with Crippen molar-refractivity contribution in [3.05, 3.63) is 40.3 Å². The molecule has 2 N–H and O–H groups in total. The van der Waals surface area contributed by atoms with Crippen LogP contribution in [0, 0.1) is 13.8 Å². The second-order valence-electron chi connectivity index (χ2n) is 4.67. The van der Waals surface area contributed by atoms with Gasteiger partial charge in [0.25, 0.3) is 10.0 Å². The number of rotatable bonds is 5. The molecule has 1 aromatic carbocycles. The summed E-state index contributed by atoms with van der Waals surface area (Å²) in [4.78, 5) is 11.0. The second kappa shape index (κ2) is 5.98. The van der Waals surface area contributed by atoms with Crippen molar-refractivity contribution in [3.63, 3.8) is 0 Å². The first-order chi connectivity index (χ1) is 10.2. The molecule has 0 fully saturated rings. The predicted molar refractivity (Wildman–Crippen MR) is 84.6 cm³/mol. The zero-order chi connectivity index (χ0) is 16.5. The molecule has 2 rings (SSSR count). The first kappa shape index (κ1) is 16.3. The number of carboxylic acids is 1. The summed E-state index contributed by atoms with van der Waals surface area (Å²) in [6, 6.07) is 6.25. The topological polar surface area (TPSA) is 92.7 Å². The highest BCUT2D eigenvalue weighted by molar-refractivity contribution is 7.94. The van der Waals surface area contributed by atoms with E-state index < -0.39 is 16.0 Å². The van der Waals surface area contributed by atoms with Crippen LogP contribution in [0.3, 0.4) is 0 Å². The number of hydrogen-bond donors (Lipinski definition) is 2. The van der Waals surface area contributed by atoms with Gasteiger partial charge in [-0.1, -0.05) is 0 Å². The van der Waals surface area contributed by atoms with Gasteiger partial charge in [0.1, 0.15) is 14.8 Å². The minimum Gasteiger partial charge on any atom is -0.496 e. The summed E-state index contributed by atoms with van der Waals surface area (Å²) >= 11 is 0.731. The molecule has 0 amide bonds. The molecule has 1 aromatic heterocycles. The highest BCUT2D eigenvalue weighted by Crippen LogP contribution is 2.29. The molecular formula is C14H15NO5S2. The maximum atomic E-state index is 12.3. The lowest BCUT2D eigenvalue weighted by molar-refractivity contribution is 0.0701. The van der Waals surface area contributed by atoms with E-state index in [9.17, 15) is 13.2 Å². The van der Waals surface area contributed by atoms with E-state index in [1.807, 2.05) is 0 Å². The lowest BCUT2D eigenvalue weighted by Gasteiger charge is -2.09. The van der Waals surface area contributed by atoms with Crippen molar-refractivity contribution in [2.24, 2.45) is 0 Å². The summed E-state index contributed by atoms with van der Waals surface area (Å²) in [6.07, 6.45) is 0. The molecular weight excluding hydrogens is 326 g/mol. The van der Waals surface area contributed by atoms with Crippen molar-refractivity contribution in [2.75, 3.05) is 11.8 Å². The Morgan fingerprint density at radius 1 is 1.23 bits per heavy atom. The fourth-order valence-electron chi connectivity index (χ4n) is 1.94. The van der Waals surface area contributed by atoms with E-state index >= 15 is 0 Å². The van der Waals surface area contributed by atoms with Gasteiger partial charge < -0.3 is 9.84 Å². The first-order valence-electron chi connectivity index (χ1n) is 6.26. The van der Waals surface area contributed by atoms with Gasteiger partial charge in [0.2, 0.25) is 0 Å². The van der Waals surface area contributed by atoms with Crippen LogP contribution in [-0.4, -0.2) is 26.6 Å². The van der Waals surface area contributed by atoms with Crippen molar-refractivity contribution < 1.29 is 23.1 Å². The van der Waals surface area contributed by atoms with Gasteiger partial charge in [-0.05, 0) is 49.2 Å². The molecule has 0 atom stereocenters. The Hall–Kier alpha value is -2.06. The number of aromatic carboxylic acids is 1. The van der Waals surface area contributed by atoms with Crippen LogP contribution in [0.2, 0.25) is 0 Å². The largest absolute Gasteiger partial charge is 0.496 e. The zero-order valence-electron chi connectivity index (χ0n) is 12.2. The number of benzene rings is 1. The SMILES string of the molecule is COc1ccc(NS(=O)(=O)c2cc(C)c(C(=O)O)s2)cc1C. The lowest BCUT2D eigenvalue weighted by atomic mass is 10.2. The maximum Gasteiger partial charge on any atom is 0.346 e. The van der Waals surface area contributed by atoms with Crippen LogP contribution in [0.1, 0.15) is 20.8 Å². The van der Waals surface area contributed by atoms with Crippen LogP contribution >= 0.6 is 11.3 Å². The van der Waals surface area contributed by atoms with Crippen LogP contribution < -0.4 is 9.46 Å². The third-order valence-electron chi connectivity index (χ3n) is 3.00. The lowest BCUT2D eigenvalue weighted by Crippen LogP contribution is -2.11. The molecule has 0 saturated heterocycles. The number of carboxylic acid groups (broad SMARTS) is 1. The highest BCUT2D eigenvalue weighted by Gasteiger charge is 2.22. The number of anilines is 1. The molecule has 0 aliphatic carbocycles. The Labute approximate surface area is 132 Å². The molecule has 0 saturated carbocycles. The second-order valence-corrected chi connectivity index (χ2v) is 7.63. The Bertz CT molecular complexity index is 824. The van der Waals surface area contributed by atoms with Crippen molar-refractivity contribution in [2.45, 2.75) is 18.1 Å². The summed E-state index contributed by atoms with van der Waals surface area (Å²) < 4.78 is 32.2. The molecule has 8 heteroatoms. The van der Waals surface area contributed by atoms with Crippen LogP contribution in [0.15, 0.2) is 28.5 Å². The van der Waals surface area contributed by atoms with E-state index in [2.05, 4.69) is 4.72 Å². The average Bonchev–Trinajstić information content (AvgIpc) is 2.81. The zero-order valence-corrected chi connectivity index (χ0v) is 13.8. The third-order valence-corrected chi connectivity index (χ3v) is 6.08. The molecule has 118 valence electrons. The van der Waals surface area contributed by atoms with E-state index in [1.54, 1.807) is 32.0 Å². The number of hydrogen-bond acceptors (Lipinski definition) is 5. The van der Waals surface area contributed by atoms with E-state index in [1.165, 1.54) is 13.2 Å². The van der Waals surface area contributed by atoms with Crippen molar-refractivity contribution >= 4 is 33.0 Å². The molecule has 0 spiro atoms. The van der Waals surface area contributed by atoms with Gasteiger partial charge in [-0.15, -0.1) is 11.3 Å². The molecule has 0 aliphatic heterocycles. The van der Waals surface area contributed by atoms with Gasteiger partial charge >= 0.3 is 5.97 Å². The van der Waals surface area contributed by atoms with Crippen molar-refractivity contribution in [1.29, 1.82) is 0 Å². The summed E-state index contributed by atoms with van der Waals surface area (Å²) in [5.41, 5.74) is 1.60. The van der Waals surface area contributed by atoms with Crippen LogP contribution in [0.5, 0.6) is 5.75 Å². The summed E-state index contributed by atoms with van der Waals surface area (Å²) in [6.45, 7) is 3.37. The van der Waals surface area contributed by atoms with Crippen LogP contribution in [-0.2, 0) is 10.0 Å². The quantitative estimate of drug-likeness (QED) is 0.872. The minimum atomic E-state index is -3.82. The molecule has 2 aromatic rings. The van der Waals surface area contributed by atoms with Gasteiger partial charge in [0.15, 0.2) is 0 Å². The standard InChI is InChI=1S/C14H15NO5S2/c1-8-6-10(4-5-11(8)20-3)15-22(18,19)12-7-9(2)13(21-12)14(16)17/h4-7,15H,1-3H3,(H,16,17). The fourth-order valence-corrected chi connectivity index (χ4v) is 4.37. The number of ether oxygens (including phenoxy) is 1. The number of thiophene rings is 1. The molecule has 0 bridgehead atoms. The van der Waals surface area contributed by atoms with E-state index in [-0.39, 0.29) is 9.09 Å². The number of nitrogens with one attached hydrogen (secondary N) is 1. The minimum absolute atomic E-state index is 0.0197. The maximum absolute atomic E-state index is 12.3. The summed E-state index contributed by atoms with van der Waals surface area (Å²) in [5, 5.41) is 9.01. The van der Waals surface area contributed by atoms with Crippen LogP contribution in [0.4, 0.5) is 5.69 Å². The number of carbonyl (C=O) groups is 1. The number of sulfonamides is 1. The van der Waals surface area contributed by atoms with Gasteiger partial charge in [0.05, 0.1) is 7.11 Å². The van der Waals surface area contributed by atoms with Crippen molar-refractivity contribution in [3.8, 4) is 5.75 Å². The van der Waals surface area contributed by atoms with Gasteiger partial charge in [-0.3, -0.25) is 4.72 Å². The Morgan fingerprint density at radius 2 is 1.91 bits per heavy atom. The molecule has 22 heavy (non-hydrogen) atoms. The van der Waals surface area contributed by atoms with Crippen molar-refractivity contribution in [1.82, 2.24) is 0 Å². The average molecular weight is 341 g/mol. The number of aryl methyl sites for hydroxylation is 2. The van der Waals surface area contributed by atoms with E-state index in [4.69, 9.17) is 9.84 Å². The molecule has 6 nitrogen and oxygen atoms in total. The number of methoxy groups -OCH3 is 1. The van der Waals surface area contributed by atoms with Gasteiger partial charge in [-0.25, -0.2) is 13.2 Å². The Kier molecular flexibility index (Phi) is 4.43. The molecule has 0 radical (unpaired) electrons. The predicted octanol–water partition coefficient (Wildman–Crippen LogP) is 2.87. The summed E-state index contributed by atoms with van der Waals surface area (Å²) in [7, 11) is -2.28. The monoisotopic (exact) mass is 341 g/mol.